The number of nitrogens with zero attached hydrogens (tertiary/aromatic N) is 4. The molecule has 0 rings (SSSR count). The third kappa shape index (κ3) is 7.83. The molecule has 0 aliphatic heterocycles. The topological polar surface area (TPSA) is 112 Å². The Kier molecular flexibility index (Phi) is 12.7. The molecule has 0 N–H and O–H groups in total. The van der Waals surface area contributed by atoms with E-state index in [0.29, 0.717) is 12.8 Å². The van der Waals surface area contributed by atoms with Crippen LogP contribution in [0.1, 0.15) is 84.0 Å². The molecule has 0 aromatic carbocycles. The average molecular weight is 340 g/mol. The summed E-state index contributed by atoms with van der Waals surface area (Å²) >= 11 is 0. The van der Waals surface area contributed by atoms with E-state index in [1.807, 2.05) is 6.07 Å². The zero-order valence-corrected chi connectivity index (χ0v) is 15.3. The average Bonchev–Trinajstić information content (AvgIpc) is 2.65. The van der Waals surface area contributed by atoms with Gasteiger partial charge in [0.2, 0.25) is 5.41 Å². The summed E-state index contributed by atoms with van der Waals surface area (Å²) in [7, 11) is 0. The predicted octanol–water partition coefficient (Wildman–Crippen LogP) is 4.95. The first-order valence-electron chi connectivity index (χ1n) is 9.29. The number of hydrogen-bond acceptors (Lipinski definition) is 5. The molecule has 0 amide bonds. The van der Waals surface area contributed by atoms with Crippen LogP contribution >= 0.6 is 0 Å². The second-order valence-electron chi connectivity index (χ2n) is 6.48. The number of carbonyl (C=O) groups excluding carboxylic acids is 1. The van der Waals surface area contributed by atoms with Gasteiger partial charge in [-0.25, -0.2) is 0 Å². The summed E-state index contributed by atoms with van der Waals surface area (Å²) < 4.78 is 0. The Morgan fingerprint density at radius 3 is 1.60 bits per heavy atom. The molecule has 0 saturated heterocycles. The van der Waals surface area contributed by atoms with Crippen molar-refractivity contribution in [2.45, 2.75) is 84.0 Å². The first kappa shape index (κ1) is 22.6. The molecule has 0 aromatic rings. The maximum Gasteiger partial charge on any atom is 0.267 e. The second-order valence-corrected chi connectivity index (χ2v) is 6.48. The lowest BCUT2D eigenvalue weighted by Crippen LogP contribution is -2.35. The van der Waals surface area contributed by atoms with Gasteiger partial charge in [0.25, 0.3) is 5.78 Å². The fraction of sp³-hybridized carbons (Fsp3) is 0.750. The van der Waals surface area contributed by atoms with Crippen molar-refractivity contribution in [1.82, 2.24) is 0 Å². The highest BCUT2D eigenvalue weighted by Gasteiger charge is 2.47. The van der Waals surface area contributed by atoms with E-state index < -0.39 is 17.1 Å². The van der Waals surface area contributed by atoms with Crippen LogP contribution in [0.4, 0.5) is 0 Å². The second kappa shape index (κ2) is 14.0. The molecule has 1 unspecified atom stereocenters. The van der Waals surface area contributed by atoms with Crippen molar-refractivity contribution in [3.63, 3.8) is 0 Å². The third-order valence-corrected chi connectivity index (χ3v) is 4.59. The molecule has 25 heavy (non-hydrogen) atoms. The van der Waals surface area contributed by atoms with Crippen LogP contribution in [0.25, 0.3) is 0 Å². The highest BCUT2D eigenvalue weighted by molar-refractivity contribution is 6.02. The minimum absolute atomic E-state index is 0.294. The van der Waals surface area contributed by atoms with E-state index >= 15 is 0 Å². The Morgan fingerprint density at radius 2 is 1.24 bits per heavy atom. The van der Waals surface area contributed by atoms with Crippen molar-refractivity contribution in [3.8, 4) is 24.3 Å². The van der Waals surface area contributed by atoms with Gasteiger partial charge in [0.15, 0.2) is 0 Å². The Bertz CT molecular complexity index is 542. The summed E-state index contributed by atoms with van der Waals surface area (Å²) in [6.45, 7) is 2.21. The van der Waals surface area contributed by atoms with Crippen molar-refractivity contribution in [3.05, 3.63) is 0 Å². The zero-order chi connectivity index (χ0) is 19.0. The van der Waals surface area contributed by atoms with Gasteiger partial charge in [0.1, 0.15) is 6.07 Å². The van der Waals surface area contributed by atoms with Gasteiger partial charge < -0.3 is 0 Å². The standard InChI is InChI=1S/C20H28N4O/c1-2-3-4-5-6-7-8-9-10-11-12-13-18(14-21)20(16-23,17-24)19(25)15-22/h18H,2-13H2,1H3. The van der Waals surface area contributed by atoms with Gasteiger partial charge >= 0.3 is 0 Å². The first-order valence-corrected chi connectivity index (χ1v) is 9.29. The smallest absolute Gasteiger partial charge is 0.267 e. The molecule has 0 spiro atoms. The lowest BCUT2D eigenvalue weighted by Gasteiger charge is -2.19. The quantitative estimate of drug-likeness (QED) is 0.328. The van der Waals surface area contributed by atoms with E-state index in [2.05, 4.69) is 6.92 Å². The summed E-state index contributed by atoms with van der Waals surface area (Å²) in [6.07, 6.45) is 13.1. The maximum atomic E-state index is 11.6. The van der Waals surface area contributed by atoms with Gasteiger partial charge in [-0.1, -0.05) is 77.6 Å². The molecule has 0 heterocycles. The number of carbonyl (C=O) groups is 1. The number of rotatable bonds is 14. The minimum Gasteiger partial charge on any atom is -0.279 e. The molecule has 1 atom stereocenters. The maximum absolute atomic E-state index is 11.6. The highest BCUT2D eigenvalue weighted by atomic mass is 16.1. The van der Waals surface area contributed by atoms with Gasteiger partial charge in [-0.3, -0.25) is 4.79 Å². The molecule has 0 aliphatic carbocycles. The number of Topliss-reactive ketones (excluding diaryl/α,β-unsaturated/α-hetero) is 1. The largest absolute Gasteiger partial charge is 0.279 e. The van der Waals surface area contributed by atoms with Crippen LogP contribution in [0.3, 0.4) is 0 Å². The fourth-order valence-electron chi connectivity index (χ4n) is 2.92. The van der Waals surface area contributed by atoms with Crippen molar-refractivity contribution >= 4 is 5.78 Å². The van der Waals surface area contributed by atoms with Crippen LogP contribution < -0.4 is 0 Å². The fourth-order valence-corrected chi connectivity index (χ4v) is 2.92. The molecular formula is C20H28N4O. The van der Waals surface area contributed by atoms with E-state index in [0.717, 1.165) is 19.3 Å². The van der Waals surface area contributed by atoms with E-state index in [9.17, 15) is 10.1 Å². The van der Waals surface area contributed by atoms with Crippen molar-refractivity contribution < 1.29 is 4.79 Å². The summed E-state index contributed by atoms with van der Waals surface area (Å²) in [5, 5.41) is 36.3. The van der Waals surface area contributed by atoms with Crippen LogP contribution in [0.15, 0.2) is 0 Å². The molecule has 0 fully saturated rings. The Morgan fingerprint density at radius 1 is 0.800 bits per heavy atom. The summed E-state index contributed by atoms with van der Waals surface area (Å²) in [5.41, 5.74) is -2.15. The van der Waals surface area contributed by atoms with E-state index in [-0.39, 0.29) is 0 Å². The summed E-state index contributed by atoms with van der Waals surface area (Å²) in [5.74, 6) is -2.18. The molecule has 0 aliphatic rings. The Hall–Kier alpha value is -2.37. The predicted molar refractivity (Wildman–Crippen MR) is 94.5 cm³/mol. The molecule has 134 valence electrons. The van der Waals surface area contributed by atoms with Crippen LogP contribution in [0, 0.1) is 56.7 Å². The van der Waals surface area contributed by atoms with Gasteiger partial charge in [-0.05, 0) is 6.42 Å². The molecular weight excluding hydrogens is 312 g/mol. The molecule has 0 radical (unpaired) electrons. The lowest BCUT2D eigenvalue weighted by molar-refractivity contribution is -0.119. The SMILES string of the molecule is CCCCCCCCCCCCCC(C#N)C(C#N)(C#N)C(=O)C#N. The highest BCUT2D eigenvalue weighted by Crippen LogP contribution is 2.31. The van der Waals surface area contributed by atoms with E-state index in [1.54, 1.807) is 12.1 Å². The van der Waals surface area contributed by atoms with Crippen molar-refractivity contribution in [2.75, 3.05) is 0 Å². The van der Waals surface area contributed by atoms with Gasteiger partial charge in [0.05, 0.1) is 24.1 Å². The third-order valence-electron chi connectivity index (χ3n) is 4.59. The minimum atomic E-state index is -2.15. The number of ketones is 1. The summed E-state index contributed by atoms with van der Waals surface area (Å²) in [6, 6.07) is 6.41. The van der Waals surface area contributed by atoms with Crippen LogP contribution in [-0.4, -0.2) is 5.78 Å². The summed E-state index contributed by atoms with van der Waals surface area (Å²) in [4.78, 5) is 11.6. The van der Waals surface area contributed by atoms with Gasteiger partial charge in [-0.15, -0.1) is 0 Å². The van der Waals surface area contributed by atoms with E-state index in [1.165, 1.54) is 51.0 Å². The number of hydrogen-bond donors (Lipinski definition) is 0. The van der Waals surface area contributed by atoms with E-state index in [4.69, 9.17) is 15.8 Å². The molecule has 5 heteroatoms. The number of unbranched alkanes of at least 4 members (excludes halogenated alkanes) is 10. The van der Waals surface area contributed by atoms with Crippen molar-refractivity contribution in [2.24, 2.45) is 11.3 Å². The Labute approximate surface area is 151 Å². The molecule has 0 aromatic heterocycles. The molecule has 5 nitrogen and oxygen atoms in total. The number of nitriles is 4. The molecule has 0 saturated carbocycles. The van der Waals surface area contributed by atoms with Crippen molar-refractivity contribution in [1.29, 1.82) is 21.0 Å². The Balaban J connectivity index is 4.05. The van der Waals surface area contributed by atoms with Crippen LogP contribution in [0.2, 0.25) is 0 Å². The zero-order valence-electron chi connectivity index (χ0n) is 15.3. The van der Waals surface area contributed by atoms with Gasteiger partial charge in [-0.2, -0.15) is 21.0 Å². The van der Waals surface area contributed by atoms with Crippen LogP contribution in [0.5, 0.6) is 0 Å². The first-order chi connectivity index (χ1) is 12.1. The van der Waals surface area contributed by atoms with Gasteiger partial charge in [0, 0.05) is 0 Å². The van der Waals surface area contributed by atoms with Crippen LogP contribution in [-0.2, 0) is 4.79 Å². The normalized spacial score (nSPS) is 11.6. The lowest BCUT2D eigenvalue weighted by atomic mass is 9.73. The monoisotopic (exact) mass is 340 g/mol. The molecule has 0 bridgehead atoms.